The summed E-state index contributed by atoms with van der Waals surface area (Å²) < 4.78 is 47.0. The Hall–Kier alpha value is -4.00. The first kappa shape index (κ1) is 20.9. The van der Waals surface area contributed by atoms with Gasteiger partial charge in [-0.2, -0.15) is 13.2 Å². The number of halogens is 3. The molecule has 4 aromatic rings. The highest BCUT2D eigenvalue weighted by molar-refractivity contribution is 6.35. The Balaban J connectivity index is 1.47. The fraction of sp³-hybridized carbons (Fsp3) is 0.115. The van der Waals surface area contributed by atoms with Gasteiger partial charge in [0.05, 0.1) is 12.1 Å². The molecule has 0 unspecified atom stereocenters. The van der Waals surface area contributed by atoms with Crippen molar-refractivity contribution in [2.24, 2.45) is 0 Å². The third-order valence-corrected chi connectivity index (χ3v) is 5.59. The van der Waals surface area contributed by atoms with Crippen molar-refractivity contribution in [3.8, 4) is 5.75 Å². The average molecular weight is 448 g/mol. The van der Waals surface area contributed by atoms with Gasteiger partial charge >= 0.3 is 6.18 Å². The maximum Gasteiger partial charge on any atom is 0.416 e. The number of fused-ring (bicyclic) bond motifs is 2. The number of benzene rings is 3. The van der Waals surface area contributed by atoms with Crippen molar-refractivity contribution in [1.29, 1.82) is 0 Å². The van der Waals surface area contributed by atoms with Crippen LogP contribution in [-0.2, 0) is 17.5 Å². The first-order valence-corrected chi connectivity index (χ1v) is 10.4. The van der Waals surface area contributed by atoms with Gasteiger partial charge in [-0.15, -0.1) is 0 Å². The van der Waals surface area contributed by atoms with Gasteiger partial charge < -0.3 is 14.6 Å². The monoisotopic (exact) mass is 448 g/mol. The van der Waals surface area contributed by atoms with Crippen LogP contribution < -0.4 is 10.1 Å². The second-order valence-electron chi connectivity index (χ2n) is 7.73. The molecule has 1 aliphatic rings. The summed E-state index contributed by atoms with van der Waals surface area (Å²) in [7, 11) is 0. The number of anilines is 1. The fourth-order valence-corrected chi connectivity index (χ4v) is 4.02. The highest BCUT2D eigenvalue weighted by atomic mass is 19.4. The predicted molar refractivity (Wildman–Crippen MR) is 122 cm³/mol. The van der Waals surface area contributed by atoms with E-state index in [1.54, 1.807) is 6.08 Å². The van der Waals surface area contributed by atoms with E-state index in [4.69, 9.17) is 4.74 Å². The van der Waals surface area contributed by atoms with Crippen LogP contribution in [0.25, 0.3) is 22.6 Å². The van der Waals surface area contributed by atoms with Crippen LogP contribution in [0.4, 0.5) is 18.9 Å². The highest BCUT2D eigenvalue weighted by Crippen LogP contribution is 2.39. The smallest absolute Gasteiger partial charge is 0.416 e. The Labute approximate surface area is 187 Å². The van der Waals surface area contributed by atoms with Crippen LogP contribution in [0.3, 0.4) is 0 Å². The minimum absolute atomic E-state index is 0.168. The molecule has 33 heavy (non-hydrogen) atoms. The zero-order chi connectivity index (χ0) is 23.0. The summed E-state index contributed by atoms with van der Waals surface area (Å²) in [6.07, 6.45) is -0.811. The van der Waals surface area contributed by atoms with E-state index in [9.17, 15) is 18.0 Å². The van der Waals surface area contributed by atoms with Crippen LogP contribution in [0.15, 0.2) is 79.0 Å². The first-order chi connectivity index (χ1) is 15.9. The van der Waals surface area contributed by atoms with Crippen molar-refractivity contribution in [2.75, 3.05) is 11.9 Å². The summed E-state index contributed by atoms with van der Waals surface area (Å²) in [6, 6.07) is 20.6. The molecule has 0 aliphatic carbocycles. The zero-order valence-corrected chi connectivity index (χ0v) is 17.4. The molecule has 166 valence electrons. The number of carbonyl (C=O) groups is 1. The lowest BCUT2D eigenvalue weighted by Crippen LogP contribution is -2.07. The molecule has 2 heterocycles. The van der Waals surface area contributed by atoms with Crippen molar-refractivity contribution >= 4 is 34.1 Å². The summed E-state index contributed by atoms with van der Waals surface area (Å²) in [5.74, 6) is 0.363. The Morgan fingerprint density at radius 2 is 1.73 bits per heavy atom. The molecule has 1 aromatic heterocycles. The van der Waals surface area contributed by atoms with E-state index < -0.39 is 17.6 Å². The quantitative estimate of drug-likeness (QED) is 0.368. The fourth-order valence-electron chi connectivity index (χ4n) is 4.02. The number of nitrogens with zero attached hydrogens (tertiary/aromatic N) is 1. The average Bonchev–Trinajstić information content (AvgIpc) is 3.31. The van der Waals surface area contributed by atoms with Gasteiger partial charge in [0.25, 0.3) is 5.91 Å². The van der Waals surface area contributed by atoms with Gasteiger partial charge in [0.1, 0.15) is 12.4 Å². The van der Waals surface area contributed by atoms with E-state index in [1.807, 2.05) is 65.4 Å². The van der Waals surface area contributed by atoms with Gasteiger partial charge in [-0.05, 0) is 36.4 Å². The maximum absolute atomic E-state index is 13.0. The Morgan fingerprint density at radius 3 is 2.52 bits per heavy atom. The number of hydrogen-bond donors (Lipinski definition) is 1. The normalized spacial score (nSPS) is 14.5. The molecule has 0 radical (unpaired) electrons. The number of aromatic nitrogens is 1. The molecule has 0 saturated carbocycles. The number of nitrogens with one attached hydrogen (secondary N) is 1. The molecule has 5 rings (SSSR count). The van der Waals surface area contributed by atoms with Crippen LogP contribution in [0.1, 0.15) is 16.7 Å². The van der Waals surface area contributed by atoms with Crippen molar-refractivity contribution in [3.05, 3.63) is 95.7 Å². The molecule has 0 spiro atoms. The second kappa shape index (κ2) is 8.16. The lowest BCUT2D eigenvalue weighted by atomic mass is 10.0. The lowest BCUT2D eigenvalue weighted by Gasteiger charge is -2.08. The lowest BCUT2D eigenvalue weighted by molar-refractivity contribution is -0.137. The topological polar surface area (TPSA) is 43.3 Å². The van der Waals surface area contributed by atoms with E-state index in [0.717, 1.165) is 34.3 Å². The molecule has 4 nitrogen and oxygen atoms in total. The van der Waals surface area contributed by atoms with Gasteiger partial charge in [-0.3, -0.25) is 4.79 Å². The molecule has 0 atom stereocenters. The Bertz CT molecular complexity index is 1370. The molecule has 0 fully saturated rings. The predicted octanol–water partition coefficient (Wildman–Crippen LogP) is 6.23. The Kier molecular flexibility index (Phi) is 5.17. The van der Waals surface area contributed by atoms with Crippen molar-refractivity contribution in [1.82, 2.24) is 4.57 Å². The van der Waals surface area contributed by atoms with E-state index in [0.29, 0.717) is 24.3 Å². The number of alkyl halides is 3. The van der Waals surface area contributed by atoms with Gasteiger partial charge in [-0.1, -0.05) is 42.5 Å². The van der Waals surface area contributed by atoms with Crippen LogP contribution in [-0.4, -0.2) is 17.1 Å². The standard InChI is InChI=1S/C26H19F3N2O2/c27-26(28,29)18-10-11-21-22(25(32)30-23(21)15-18)14-17-16-31(24-9-5-4-8-20(17)24)12-13-33-19-6-2-1-3-7-19/h1-11,14-16H,12-13H2,(H,30,32)/b22-14+. The maximum atomic E-state index is 13.0. The third kappa shape index (κ3) is 4.09. The van der Waals surface area contributed by atoms with E-state index in [-0.39, 0.29) is 5.69 Å². The first-order valence-electron chi connectivity index (χ1n) is 10.4. The molecular weight excluding hydrogens is 429 g/mol. The number of rotatable bonds is 5. The van der Waals surface area contributed by atoms with Crippen LogP contribution in [0.5, 0.6) is 5.75 Å². The molecule has 7 heteroatoms. The van der Waals surface area contributed by atoms with Crippen molar-refractivity contribution in [3.63, 3.8) is 0 Å². The zero-order valence-electron chi connectivity index (χ0n) is 17.4. The number of amides is 1. The minimum atomic E-state index is -4.47. The molecular formula is C26H19F3N2O2. The van der Waals surface area contributed by atoms with E-state index in [1.165, 1.54) is 6.07 Å². The summed E-state index contributed by atoms with van der Waals surface area (Å²) >= 11 is 0. The summed E-state index contributed by atoms with van der Waals surface area (Å²) in [4.78, 5) is 12.6. The molecule has 3 aromatic carbocycles. The summed E-state index contributed by atoms with van der Waals surface area (Å²) in [5, 5.41) is 3.50. The van der Waals surface area contributed by atoms with Crippen molar-refractivity contribution < 1.29 is 22.7 Å². The van der Waals surface area contributed by atoms with Gasteiger partial charge in [0.2, 0.25) is 0 Å². The largest absolute Gasteiger partial charge is 0.492 e. The number of carbonyl (C=O) groups excluding carboxylic acids is 1. The number of para-hydroxylation sites is 2. The highest BCUT2D eigenvalue weighted by Gasteiger charge is 2.33. The minimum Gasteiger partial charge on any atom is -0.492 e. The molecule has 1 amide bonds. The van der Waals surface area contributed by atoms with Crippen molar-refractivity contribution in [2.45, 2.75) is 12.7 Å². The summed E-state index contributed by atoms with van der Waals surface area (Å²) in [5.41, 5.74) is 1.95. The SMILES string of the molecule is O=C1Nc2cc(C(F)(F)F)ccc2/C1=C\c1cn(CCOc2ccccc2)c2ccccc12. The Morgan fingerprint density at radius 1 is 0.970 bits per heavy atom. The van der Waals surface area contributed by atoms with Gasteiger partial charge in [0.15, 0.2) is 0 Å². The van der Waals surface area contributed by atoms with E-state index in [2.05, 4.69) is 5.32 Å². The third-order valence-electron chi connectivity index (χ3n) is 5.59. The van der Waals surface area contributed by atoms with Gasteiger partial charge in [0, 0.05) is 39.5 Å². The van der Waals surface area contributed by atoms with Gasteiger partial charge in [-0.25, -0.2) is 0 Å². The second-order valence-corrected chi connectivity index (χ2v) is 7.73. The molecule has 0 saturated heterocycles. The number of hydrogen-bond acceptors (Lipinski definition) is 2. The molecule has 1 aliphatic heterocycles. The molecule has 1 N–H and O–H groups in total. The summed E-state index contributed by atoms with van der Waals surface area (Å²) in [6.45, 7) is 1.05. The van der Waals surface area contributed by atoms with E-state index >= 15 is 0 Å². The molecule has 0 bridgehead atoms. The van der Waals surface area contributed by atoms with Crippen LogP contribution >= 0.6 is 0 Å². The van der Waals surface area contributed by atoms with Crippen LogP contribution in [0, 0.1) is 0 Å². The number of ether oxygens (including phenoxy) is 1. The van der Waals surface area contributed by atoms with Crippen LogP contribution in [0.2, 0.25) is 0 Å².